The first-order chi connectivity index (χ1) is 41.9. The molecular weight excluding hydrogens is 1130 g/mol. The van der Waals surface area contributed by atoms with E-state index in [-0.39, 0.29) is 18.9 Å². The normalized spacial score (nSPS) is 29.2. The number of aliphatic carboxylic acids is 1. The third-order valence-corrected chi connectivity index (χ3v) is 17.2. The van der Waals surface area contributed by atoms with Crippen LogP contribution < -0.4 is 10.6 Å². The van der Waals surface area contributed by atoms with Crippen LogP contribution in [-0.4, -0.2) is 215 Å². The van der Waals surface area contributed by atoms with Gasteiger partial charge >= 0.3 is 5.97 Å². The minimum atomic E-state index is -3.08. The second-order valence-corrected chi connectivity index (χ2v) is 24.7. The standard InChI is InChI=1S/C64H118N2O21/c1-4-6-8-10-12-14-16-17-18-19-20-21-22-23-24-25-26-27-28-30-32-34-36-38-51(74)66-45(46(71)37-35-33-31-29-15-13-11-9-7-5-2)43-82-61-56(78)55(77)58(50(42-69)84-61)85-62-57(79)60(54(76)49(41-68)83-62)87-64(63(80)81)39-47(72)52(65-44(3)70)59(86-64)53(75)48(73)40-67/h23-24,45-50,52-62,67-69,71-73,75-79H,4-22,25-43H2,1-3H3,(H,65,70)(H,66,74)(H,80,81)/b24-23-. The summed E-state index contributed by atoms with van der Waals surface area (Å²) in [5, 5.41) is 136. The van der Waals surface area contributed by atoms with Gasteiger partial charge in [-0.05, 0) is 38.5 Å². The van der Waals surface area contributed by atoms with E-state index < -0.39 is 148 Å². The van der Waals surface area contributed by atoms with Gasteiger partial charge in [-0.15, -0.1) is 0 Å². The van der Waals surface area contributed by atoms with Crippen LogP contribution in [0.2, 0.25) is 0 Å². The number of aliphatic hydroxyl groups excluding tert-OH is 11. The van der Waals surface area contributed by atoms with Gasteiger partial charge < -0.3 is 100 Å². The van der Waals surface area contributed by atoms with Crippen molar-refractivity contribution >= 4 is 17.8 Å². The molecule has 23 nitrogen and oxygen atoms in total. The van der Waals surface area contributed by atoms with Crippen molar-refractivity contribution in [1.82, 2.24) is 10.6 Å². The predicted molar refractivity (Wildman–Crippen MR) is 325 cm³/mol. The molecule has 2 amide bonds. The van der Waals surface area contributed by atoms with E-state index in [4.69, 9.17) is 28.4 Å². The van der Waals surface area contributed by atoms with E-state index in [1.807, 2.05) is 0 Å². The fraction of sp³-hybridized carbons (Fsp3) is 0.922. The molecule has 0 aliphatic carbocycles. The highest BCUT2D eigenvalue weighted by Gasteiger charge is 2.60. The topological polar surface area (TPSA) is 373 Å². The molecule has 0 radical (unpaired) electrons. The fourth-order valence-corrected chi connectivity index (χ4v) is 11.8. The molecular formula is C64H118N2O21. The van der Waals surface area contributed by atoms with Gasteiger partial charge in [0.1, 0.15) is 67.1 Å². The van der Waals surface area contributed by atoms with Crippen LogP contribution in [0.15, 0.2) is 12.2 Å². The smallest absolute Gasteiger partial charge is 0.364 e. The summed E-state index contributed by atoms with van der Waals surface area (Å²) in [5.41, 5.74) is 0. The lowest BCUT2D eigenvalue weighted by Gasteiger charge is -2.50. The Morgan fingerprint density at radius 3 is 1.55 bits per heavy atom. The number of amides is 2. The van der Waals surface area contributed by atoms with Gasteiger partial charge in [0.25, 0.3) is 5.79 Å². The average molecular weight is 1250 g/mol. The van der Waals surface area contributed by atoms with Gasteiger partial charge in [-0.1, -0.05) is 193 Å². The quantitative estimate of drug-likeness (QED) is 0.0278. The monoisotopic (exact) mass is 1250 g/mol. The summed E-state index contributed by atoms with van der Waals surface area (Å²) in [6, 6.07) is -2.53. The molecule has 0 aromatic carbocycles. The van der Waals surface area contributed by atoms with Crippen LogP contribution in [0.5, 0.6) is 0 Å². The fourth-order valence-electron chi connectivity index (χ4n) is 11.8. The van der Waals surface area contributed by atoms with Crippen LogP contribution in [-0.2, 0) is 42.8 Å². The lowest BCUT2D eigenvalue weighted by atomic mass is 9.88. The van der Waals surface area contributed by atoms with Crippen LogP contribution in [0.1, 0.15) is 239 Å². The van der Waals surface area contributed by atoms with Gasteiger partial charge in [0.15, 0.2) is 12.6 Å². The molecule has 87 heavy (non-hydrogen) atoms. The van der Waals surface area contributed by atoms with Crippen molar-refractivity contribution in [2.75, 3.05) is 26.4 Å². The zero-order chi connectivity index (χ0) is 64.0. The van der Waals surface area contributed by atoms with Crippen LogP contribution in [0.4, 0.5) is 0 Å². The average Bonchev–Trinajstić information content (AvgIpc) is 0.810. The number of carbonyl (C=O) groups is 3. The number of unbranched alkanes of at least 4 members (excludes halogenated alkanes) is 28. The third kappa shape index (κ3) is 28.9. The van der Waals surface area contributed by atoms with E-state index in [0.29, 0.717) is 19.3 Å². The van der Waals surface area contributed by atoms with E-state index in [1.165, 1.54) is 109 Å². The minimum Gasteiger partial charge on any atom is -0.477 e. The molecule has 3 rings (SSSR count). The summed E-state index contributed by atoms with van der Waals surface area (Å²) in [6.07, 6.45) is 12.5. The highest BCUT2D eigenvalue weighted by molar-refractivity contribution is 5.77. The van der Waals surface area contributed by atoms with Crippen molar-refractivity contribution in [2.24, 2.45) is 0 Å². The third-order valence-electron chi connectivity index (χ3n) is 17.2. The maximum absolute atomic E-state index is 13.4. The number of ether oxygens (including phenoxy) is 6. The first-order valence-corrected chi connectivity index (χ1v) is 33.5. The number of allylic oxidation sites excluding steroid dienone is 2. The number of hydrogen-bond acceptors (Lipinski definition) is 20. The molecule has 0 saturated carbocycles. The molecule has 23 heteroatoms. The molecule has 18 unspecified atom stereocenters. The molecule has 510 valence electrons. The first-order valence-electron chi connectivity index (χ1n) is 33.5. The van der Waals surface area contributed by atoms with Crippen LogP contribution in [0, 0.1) is 0 Å². The highest BCUT2D eigenvalue weighted by Crippen LogP contribution is 2.39. The zero-order valence-corrected chi connectivity index (χ0v) is 52.9. The van der Waals surface area contributed by atoms with E-state index in [2.05, 4.69) is 36.6 Å². The van der Waals surface area contributed by atoms with E-state index in [9.17, 15) is 75.7 Å². The SMILES string of the molecule is CCCCCCCCCCCCCC/C=C\CCCCCCCCCC(=O)NC(COC1OC(CO)C(OC2OC(CO)C(O)C(OC3(C(=O)O)CC(O)C(NC(C)=O)C(C(O)C(O)CO)O3)C2O)C(O)C1O)C(O)CCCCCCCCCCCC. The Bertz CT molecular complexity index is 1820. The van der Waals surface area contributed by atoms with Crippen LogP contribution in [0.3, 0.4) is 0 Å². The Balaban J connectivity index is 1.56. The molecule has 0 aromatic heterocycles. The number of carboxylic acid groups (broad SMARTS) is 1. The lowest BCUT2D eigenvalue weighted by Crippen LogP contribution is -2.70. The van der Waals surface area contributed by atoms with E-state index in [0.717, 1.165) is 84.0 Å². The molecule has 3 aliphatic heterocycles. The summed E-state index contributed by atoms with van der Waals surface area (Å²) < 4.78 is 34.8. The summed E-state index contributed by atoms with van der Waals surface area (Å²) in [4.78, 5) is 38.5. The Hall–Kier alpha value is -2.53. The Morgan fingerprint density at radius 1 is 0.586 bits per heavy atom. The van der Waals surface area contributed by atoms with Gasteiger partial charge in [0.05, 0.1) is 50.7 Å². The van der Waals surface area contributed by atoms with E-state index in [1.54, 1.807) is 0 Å². The van der Waals surface area contributed by atoms with Crippen molar-refractivity contribution in [2.45, 2.75) is 349 Å². The van der Waals surface area contributed by atoms with Gasteiger partial charge in [-0.3, -0.25) is 9.59 Å². The summed E-state index contributed by atoms with van der Waals surface area (Å²) in [7, 11) is 0. The maximum atomic E-state index is 13.4. The number of nitrogens with one attached hydrogen (secondary N) is 2. The van der Waals surface area contributed by atoms with Crippen molar-refractivity contribution in [3.63, 3.8) is 0 Å². The first kappa shape index (κ1) is 78.7. The van der Waals surface area contributed by atoms with Crippen LogP contribution >= 0.6 is 0 Å². The Kier molecular flexibility index (Phi) is 41.3. The molecule has 3 saturated heterocycles. The summed E-state index contributed by atoms with van der Waals surface area (Å²) in [6.45, 7) is 2.17. The van der Waals surface area contributed by atoms with Gasteiger partial charge in [0.2, 0.25) is 11.8 Å². The second kappa shape index (κ2) is 45.7. The molecule has 0 bridgehead atoms. The van der Waals surface area contributed by atoms with Gasteiger partial charge in [0, 0.05) is 19.8 Å². The maximum Gasteiger partial charge on any atom is 0.364 e. The Labute approximate surface area is 518 Å². The number of rotatable bonds is 50. The number of hydrogen-bond donors (Lipinski definition) is 14. The number of carbonyl (C=O) groups excluding carboxylic acids is 2. The molecule has 3 fully saturated rings. The van der Waals surface area contributed by atoms with Crippen LogP contribution in [0.25, 0.3) is 0 Å². The van der Waals surface area contributed by atoms with Gasteiger partial charge in [-0.2, -0.15) is 0 Å². The lowest BCUT2D eigenvalue weighted by molar-refractivity contribution is -0.386. The zero-order valence-electron chi connectivity index (χ0n) is 52.9. The van der Waals surface area contributed by atoms with Crippen molar-refractivity contribution < 1.29 is 104 Å². The molecule has 14 N–H and O–H groups in total. The van der Waals surface area contributed by atoms with Gasteiger partial charge in [-0.25, -0.2) is 4.79 Å². The second-order valence-electron chi connectivity index (χ2n) is 24.7. The molecule has 0 spiro atoms. The Morgan fingerprint density at radius 2 is 1.07 bits per heavy atom. The van der Waals surface area contributed by atoms with Crippen molar-refractivity contribution in [3.8, 4) is 0 Å². The molecule has 3 heterocycles. The van der Waals surface area contributed by atoms with Crippen molar-refractivity contribution in [1.29, 1.82) is 0 Å². The molecule has 18 atom stereocenters. The number of aliphatic hydroxyl groups is 11. The molecule has 0 aromatic rings. The summed E-state index contributed by atoms with van der Waals surface area (Å²) in [5.74, 6) is -6.11. The highest BCUT2D eigenvalue weighted by atomic mass is 16.8. The number of carboxylic acids is 1. The largest absolute Gasteiger partial charge is 0.477 e. The van der Waals surface area contributed by atoms with E-state index >= 15 is 0 Å². The molecule has 3 aliphatic rings. The predicted octanol–water partition coefficient (Wildman–Crippen LogP) is 5.12. The van der Waals surface area contributed by atoms with Crippen molar-refractivity contribution in [3.05, 3.63) is 12.2 Å². The minimum absolute atomic E-state index is 0.219. The summed E-state index contributed by atoms with van der Waals surface area (Å²) >= 11 is 0.